The standard InChI is InChI=1S/C15H32N2O/c1-5-6-7-8-9-15(2,3)14-16(4)10-11-17(14)12-13-18/h14,18H,5-13H2,1-4H3. The number of hydrogen-bond acceptors (Lipinski definition) is 3. The molecule has 1 N–H and O–H groups in total. The normalized spacial score (nSPS) is 22.8. The molecule has 1 saturated heterocycles. The van der Waals surface area contributed by atoms with Crippen molar-refractivity contribution in [3.63, 3.8) is 0 Å². The maximum Gasteiger partial charge on any atom is 0.0674 e. The number of aliphatic hydroxyl groups excluding tert-OH is 1. The number of unbranched alkanes of at least 4 members (excludes halogenated alkanes) is 3. The van der Waals surface area contributed by atoms with Crippen molar-refractivity contribution in [3.05, 3.63) is 0 Å². The van der Waals surface area contributed by atoms with E-state index in [0.717, 1.165) is 19.6 Å². The average molecular weight is 256 g/mol. The van der Waals surface area contributed by atoms with E-state index in [1.807, 2.05) is 0 Å². The molecule has 1 unspecified atom stereocenters. The molecule has 0 amide bonds. The summed E-state index contributed by atoms with van der Waals surface area (Å²) in [4.78, 5) is 4.90. The number of rotatable bonds is 8. The summed E-state index contributed by atoms with van der Waals surface area (Å²) in [5.41, 5.74) is 0.314. The Hall–Kier alpha value is -0.120. The summed E-state index contributed by atoms with van der Waals surface area (Å²) in [6.45, 7) is 10.3. The van der Waals surface area contributed by atoms with Gasteiger partial charge in [0.25, 0.3) is 0 Å². The van der Waals surface area contributed by atoms with Gasteiger partial charge in [0.1, 0.15) is 0 Å². The summed E-state index contributed by atoms with van der Waals surface area (Å²) in [5.74, 6) is 0. The molecule has 1 heterocycles. The topological polar surface area (TPSA) is 26.7 Å². The number of aliphatic hydroxyl groups is 1. The van der Waals surface area contributed by atoms with Crippen molar-refractivity contribution in [2.75, 3.05) is 33.3 Å². The van der Waals surface area contributed by atoms with E-state index in [2.05, 4.69) is 37.6 Å². The van der Waals surface area contributed by atoms with Crippen molar-refractivity contribution >= 4 is 0 Å². The van der Waals surface area contributed by atoms with Gasteiger partial charge >= 0.3 is 0 Å². The van der Waals surface area contributed by atoms with Gasteiger partial charge < -0.3 is 5.11 Å². The van der Waals surface area contributed by atoms with Crippen LogP contribution in [0.1, 0.15) is 52.9 Å². The van der Waals surface area contributed by atoms with Gasteiger partial charge in [0.05, 0.1) is 12.8 Å². The highest BCUT2D eigenvalue weighted by Gasteiger charge is 2.39. The minimum atomic E-state index is 0.274. The Morgan fingerprint density at radius 3 is 2.50 bits per heavy atom. The van der Waals surface area contributed by atoms with Crippen molar-refractivity contribution in [1.82, 2.24) is 9.80 Å². The fourth-order valence-corrected chi connectivity index (χ4v) is 3.40. The number of β-amino-alcohol motifs (C(OH)–C–C–N with tert-alkyl or cyclic N) is 1. The molecule has 0 radical (unpaired) electrons. The van der Waals surface area contributed by atoms with Gasteiger partial charge in [0.2, 0.25) is 0 Å². The molecule has 3 nitrogen and oxygen atoms in total. The van der Waals surface area contributed by atoms with Gasteiger partial charge in [-0.1, -0.05) is 46.5 Å². The zero-order chi connectivity index (χ0) is 13.6. The lowest BCUT2D eigenvalue weighted by Gasteiger charge is -2.41. The molecule has 0 aromatic rings. The lowest BCUT2D eigenvalue weighted by Crippen LogP contribution is -2.48. The maximum atomic E-state index is 9.18. The van der Waals surface area contributed by atoms with Crippen LogP contribution >= 0.6 is 0 Å². The van der Waals surface area contributed by atoms with Crippen LogP contribution in [0.3, 0.4) is 0 Å². The van der Waals surface area contributed by atoms with Crippen LogP contribution in [-0.2, 0) is 0 Å². The summed E-state index contributed by atoms with van der Waals surface area (Å²) in [7, 11) is 2.22. The second-order valence-corrected chi connectivity index (χ2v) is 6.41. The zero-order valence-corrected chi connectivity index (χ0v) is 12.8. The van der Waals surface area contributed by atoms with Gasteiger partial charge in [0.15, 0.2) is 0 Å². The molecule has 1 atom stereocenters. The van der Waals surface area contributed by atoms with Crippen LogP contribution in [0.4, 0.5) is 0 Å². The van der Waals surface area contributed by atoms with Crippen LogP contribution in [0, 0.1) is 5.41 Å². The minimum Gasteiger partial charge on any atom is -0.395 e. The molecule has 1 rings (SSSR count). The first-order valence-corrected chi connectivity index (χ1v) is 7.58. The second kappa shape index (κ2) is 7.46. The smallest absolute Gasteiger partial charge is 0.0674 e. The first-order valence-electron chi connectivity index (χ1n) is 7.58. The summed E-state index contributed by atoms with van der Waals surface area (Å²) in [6, 6.07) is 0. The molecular weight excluding hydrogens is 224 g/mol. The van der Waals surface area contributed by atoms with Gasteiger partial charge in [-0.25, -0.2) is 0 Å². The molecule has 0 bridgehead atoms. The van der Waals surface area contributed by atoms with Crippen LogP contribution in [0.25, 0.3) is 0 Å². The molecule has 0 aliphatic carbocycles. The Kier molecular flexibility index (Phi) is 6.61. The molecule has 0 aromatic carbocycles. The molecule has 1 aliphatic heterocycles. The van der Waals surface area contributed by atoms with Crippen molar-refractivity contribution in [1.29, 1.82) is 0 Å². The monoisotopic (exact) mass is 256 g/mol. The molecular formula is C15H32N2O. The molecule has 0 spiro atoms. The van der Waals surface area contributed by atoms with Gasteiger partial charge in [-0.15, -0.1) is 0 Å². The molecule has 0 saturated carbocycles. The Labute approximate surface area is 113 Å². The Morgan fingerprint density at radius 2 is 1.89 bits per heavy atom. The first-order chi connectivity index (χ1) is 8.53. The number of likely N-dealkylation sites (N-methyl/N-ethyl adjacent to an activating group) is 1. The van der Waals surface area contributed by atoms with Crippen LogP contribution in [0.15, 0.2) is 0 Å². The number of hydrogen-bond donors (Lipinski definition) is 1. The third-order valence-electron chi connectivity index (χ3n) is 4.26. The van der Waals surface area contributed by atoms with E-state index in [-0.39, 0.29) is 6.61 Å². The van der Waals surface area contributed by atoms with E-state index >= 15 is 0 Å². The second-order valence-electron chi connectivity index (χ2n) is 6.41. The lowest BCUT2D eigenvalue weighted by molar-refractivity contribution is 0.0256. The van der Waals surface area contributed by atoms with Gasteiger partial charge in [-0.2, -0.15) is 0 Å². The fraction of sp³-hybridized carbons (Fsp3) is 1.00. The largest absolute Gasteiger partial charge is 0.395 e. The third-order valence-corrected chi connectivity index (χ3v) is 4.26. The SMILES string of the molecule is CCCCCCC(C)(C)C1N(C)CCN1CCO. The van der Waals surface area contributed by atoms with Crippen molar-refractivity contribution in [2.24, 2.45) is 5.41 Å². The molecule has 108 valence electrons. The fourth-order valence-electron chi connectivity index (χ4n) is 3.40. The van der Waals surface area contributed by atoms with Crippen LogP contribution in [0.2, 0.25) is 0 Å². The van der Waals surface area contributed by atoms with Crippen molar-refractivity contribution in [3.8, 4) is 0 Å². The Bertz CT molecular complexity index is 229. The Morgan fingerprint density at radius 1 is 1.17 bits per heavy atom. The van der Waals surface area contributed by atoms with Crippen molar-refractivity contribution in [2.45, 2.75) is 59.0 Å². The first kappa shape index (κ1) is 15.9. The third kappa shape index (κ3) is 4.22. The molecule has 1 aliphatic rings. The Balaban J connectivity index is 2.51. The van der Waals surface area contributed by atoms with Gasteiger partial charge in [-0.3, -0.25) is 9.80 Å². The van der Waals surface area contributed by atoms with E-state index in [1.54, 1.807) is 0 Å². The van der Waals surface area contributed by atoms with Crippen LogP contribution in [-0.4, -0.2) is 54.4 Å². The van der Waals surface area contributed by atoms with E-state index in [1.165, 1.54) is 32.1 Å². The predicted molar refractivity (Wildman–Crippen MR) is 77.6 cm³/mol. The zero-order valence-electron chi connectivity index (χ0n) is 12.8. The van der Waals surface area contributed by atoms with Crippen molar-refractivity contribution < 1.29 is 5.11 Å². The highest BCUT2D eigenvalue weighted by atomic mass is 16.3. The molecule has 0 aromatic heterocycles. The summed E-state index contributed by atoms with van der Waals surface area (Å²) < 4.78 is 0. The lowest BCUT2D eigenvalue weighted by atomic mass is 9.82. The quantitative estimate of drug-likeness (QED) is 0.676. The van der Waals surface area contributed by atoms with E-state index < -0.39 is 0 Å². The van der Waals surface area contributed by atoms with E-state index in [4.69, 9.17) is 0 Å². The average Bonchev–Trinajstić information content (AvgIpc) is 2.67. The molecule has 18 heavy (non-hydrogen) atoms. The van der Waals surface area contributed by atoms with Gasteiger partial charge in [0, 0.05) is 19.6 Å². The maximum absolute atomic E-state index is 9.18. The number of nitrogens with zero attached hydrogens (tertiary/aromatic N) is 2. The van der Waals surface area contributed by atoms with Crippen LogP contribution < -0.4 is 0 Å². The summed E-state index contributed by atoms with van der Waals surface area (Å²) in [5, 5.41) is 9.18. The van der Waals surface area contributed by atoms with Gasteiger partial charge in [-0.05, 0) is 18.9 Å². The summed E-state index contributed by atoms with van der Waals surface area (Å²) in [6.07, 6.45) is 7.13. The highest BCUT2D eigenvalue weighted by molar-refractivity contribution is 4.90. The minimum absolute atomic E-state index is 0.274. The van der Waals surface area contributed by atoms with E-state index in [9.17, 15) is 5.11 Å². The molecule has 1 fully saturated rings. The van der Waals surface area contributed by atoms with E-state index in [0.29, 0.717) is 11.6 Å². The predicted octanol–water partition coefficient (Wildman–Crippen LogP) is 2.55. The molecule has 3 heteroatoms. The highest BCUT2D eigenvalue weighted by Crippen LogP contribution is 2.35. The summed E-state index contributed by atoms with van der Waals surface area (Å²) >= 11 is 0. The van der Waals surface area contributed by atoms with Crippen LogP contribution in [0.5, 0.6) is 0 Å².